The van der Waals surface area contributed by atoms with Gasteiger partial charge in [-0.25, -0.2) is 0 Å². The number of ether oxygens (including phenoxy) is 1. The SMILES string of the molecule is [CH3][Ge]1([CH3])[c]2cc(N3CC(O)C3)ccc2C2(OC(=O)c3ccc(C(=O)O)cc32)c2ccc(N3CC(O)C3)c[c]21. The molecule has 0 radical (unpaired) electrons. The summed E-state index contributed by atoms with van der Waals surface area (Å²) in [5.74, 6) is 3.14. The van der Waals surface area contributed by atoms with E-state index in [4.69, 9.17) is 4.74 Å². The number of anilines is 2. The average Bonchev–Trinajstić information content (AvgIpc) is 3.15. The van der Waals surface area contributed by atoms with E-state index in [2.05, 4.69) is 33.4 Å². The molecule has 3 N–H and O–H groups in total. The van der Waals surface area contributed by atoms with Crippen LogP contribution in [0.15, 0.2) is 54.6 Å². The van der Waals surface area contributed by atoms with Gasteiger partial charge in [0.1, 0.15) is 0 Å². The Labute approximate surface area is 222 Å². The van der Waals surface area contributed by atoms with Gasteiger partial charge in [0.15, 0.2) is 0 Å². The zero-order chi connectivity index (χ0) is 26.6. The molecular formula is C29H28GeN2O6. The number of hydrogen-bond donors (Lipinski definition) is 3. The number of carboxylic acid groups (broad SMARTS) is 1. The van der Waals surface area contributed by atoms with Crippen LogP contribution in [0.1, 0.15) is 37.4 Å². The van der Waals surface area contributed by atoms with Crippen LogP contribution in [0.5, 0.6) is 0 Å². The van der Waals surface area contributed by atoms with Crippen molar-refractivity contribution in [1.82, 2.24) is 0 Å². The van der Waals surface area contributed by atoms with Crippen molar-refractivity contribution in [2.75, 3.05) is 36.0 Å². The molecule has 0 amide bonds. The number of aromatic carboxylic acids is 1. The Bertz CT molecular complexity index is 1470. The number of carbonyl (C=O) groups excluding carboxylic acids is 1. The second-order valence-corrected chi connectivity index (χ2v) is 20.4. The van der Waals surface area contributed by atoms with Crippen molar-refractivity contribution < 1.29 is 29.6 Å². The molecule has 38 heavy (non-hydrogen) atoms. The van der Waals surface area contributed by atoms with Crippen LogP contribution in [-0.2, 0) is 10.3 Å². The molecule has 7 rings (SSSR count). The summed E-state index contributed by atoms with van der Waals surface area (Å²) in [6, 6.07) is 17.1. The number of hydrogen-bond acceptors (Lipinski definition) is 7. The monoisotopic (exact) mass is 574 g/mol. The fourth-order valence-electron chi connectivity index (χ4n) is 6.52. The molecular weight excluding hydrogens is 545 g/mol. The van der Waals surface area contributed by atoms with Crippen molar-refractivity contribution in [2.45, 2.75) is 29.3 Å². The number of carbonyl (C=O) groups is 2. The predicted molar refractivity (Wildman–Crippen MR) is 145 cm³/mol. The van der Waals surface area contributed by atoms with E-state index in [1.54, 1.807) is 12.1 Å². The number of esters is 1. The normalized spacial score (nSPS) is 20.8. The van der Waals surface area contributed by atoms with E-state index in [0.29, 0.717) is 37.3 Å². The molecule has 2 saturated heterocycles. The molecule has 4 heterocycles. The zero-order valence-electron chi connectivity index (χ0n) is 21.1. The van der Waals surface area contributed by atoms with Gasteiger partial charge in [-0.05, 0) is 0 Å². The molecule has 0 unspecified atom stereocenters. The van der Waals surface area contributed by atoms with Crippen molar-refractivity contribution in [3.8, 4) is 0 Å². The van der Waals surface area contributed by atoms with Gasteiger partial charge in [0, 0.05) is 0 Å². The summed E-state index contributed by atoms with van der Waals surface area (Å²) in [6.45, 7) is 2.31. The minimum absolute atomic E-state index is 0.105. The van der Waals surface area contributed by atoms with Crippen molar-refractivity contribution >= 4 is 45.4 Å². The number of carboxylic acids is 1. The Morgan fingerprint density at radius 3 is 1.84 bits per heavy atom. The number of aliphatic hydroxyl groups is 2. The first-order valence-corrected chi connectivity index (χ1v) is 19.2. The van der Waals surface area contributed by atoms with E-state index >= 15 is 0 Å². The summed E-state index contributed by atoms with van der Waals surface area (Å²) in [5, 5.41) is 29.6. The molecule has 3 aromatic carbocycles. The van der Waals surface area contributed by atoms with Crippen LogP contribution in [0.4, 0.5) is 11.4 Å². The maximum atomic E-state index is 13.3. The quantitative estimate of drug-likeness (QED) is 0.319. The van der Waals surface area contributed by atoms with Gasteiger partial charge in [0.2, 0.25) is 0 Å². The topological polar surface area (TPSA) is 111 Å². The Kier molecular flexibility index (Phi) is 4.90. The zero-order valence-corrected chi connectivity index (χ0v) is 23.2. The molecule has 0 aromatic heterocycles. The van der Waals surface area contributed by atoms with Gasteiger partial charge in [-0.2, -0.15) is 0 Å². The number of nitrogens with zero attached hydrogens (tertiary/aromatic N) is 2. The number of benzene rings is 3. The summed E-state index contributed by atoms with van der Waals surface area (Å²) in [7, 11) is 0. The van der Waals surface area contributed by atoms with E-state index in [1.807, 2.05) is 24.3 Å². The van der Waals surface area contributed by atoms with Crippen LogP contribution in [0.25, 0.3) is 0 Å². The molecule has 194 valence electrons. The summed E-state index contributed by atoms with van der Waals surface area (Å²) < 4.78 is 8.68. The maximum absolute atomic E-state index is 13.3. The molecule has 9 heteroatoms. The van der Waals surface area contributed by atoms with Crippen LogP contribution in [0.3, 0.4) is 0 Å². The molecule has 2 fully saturated rings. The van der Waals surface area contributed by atoms with E-state index in [9.17, 15) is 24.9 Å². The number of fused-ring (bicyclic) bond motifs is 6. The van der Waals surface area contributed by atoms with E-state index < -0.39 is 30.8 Å². The second-order valence-electron chi connectivity index (χ2n) is 11.3. The van der Waals surface area contributed by atoms with Gasteiger partial charge < -0.3 is 0 Å². The molecule has 8 nitrogen and oxygen atoms in total. The Hall–Kier alpha value is -3.34. The van der Waals surface area contributed by atoms with Gasteiger partial charge in [-0.1, -0.05) is 0 Å². The Morgan fingerprint density at radius 2 is 1.37 bits per heavy atom. The number of aliphatic hydroxyl groups excluding tert-OH is 2. The minimum atomic E-state index is -3.01. The van der Waals surface area contributed by atoms with E-state index in [1.165, 1.54) is 14.9 Å². The molecule has 3 aromatic rings. The van der Waals surface area contributed by atoms with Gasteiger partial charge >= 0.3 is 223 Å². The summed E-state index contributed by atoms with van der Waals surface area (Å²) in [5.41, 5.74) is 3.63. The van der Waals surface area contributed by atoms with Crippen LogP contribution in [0, 0.1) is 0 Å². The summed E-state index contributed by atoms with van der Waals surface area (Å²) >= 11 is -3.01. The number of rotatable bonds is 3. The van der Waals surface area contributed by atoms with E-state index in [-0.39, 0.29) is 17.8 Å². The summed E-state index contributed by atoms with van der Waals surface area (Å²) in [6.07, 6.45) is -0.668. The Morgan fingerprint density at radius 1 is 0.842 bits per heavy atom. The van der Waals surface area contributed by atoms with Crippen LogP contribution in [-0.4, -0.2) is 78.9 Å². The standard InChI is InChI=1S/C29H28GeN2O6/c1-30(2)25-10-17(31-12-19(33)13-31)4-7-22(25)29(23-8-5-18(11-26(23)30)32-14-20(34)15-32)24-9-16(27(35)36)3-6-21(24)28(37)38-29/h3-11,19-20,33-34H,12-15H2,1-2H3,(H,35,36). The summed E-state index contributed by atoms with van der Waals surface area (Å²) in [4.78, 5) is 29.5. The third kappa shape index (κ3) is 3.11. The van der Waals surface area contributed by atoms with Gasteiger partial charge in [-0.3, -0.25) is 0 Å². The van der Waals surface area contributed by atoms with Gasteiger partial charge in [-0.15, -0.1) is 0 Å². The van der Waals surface area contributed by atoms with Gasteiger partial charge in [0.25, 0.3) is 0 Å². The number of β-amino-alcohol motifs (C(OH)–C–C–N with tert-alkyl or cyclic N) is 2. The molecule has 1 spiro atoms. The first kappa shape index (κ1) is 23.8. The molecule has 4 aliphatic heterocycles. The third-order valence-corrected chi connectivity index (χ3v) is 16.1. The van der Waals surface area contributed by atoms with Crippen LogP contribution < -0.4 is 18.6 Å². The van der Waals surface area contributed by atoms with Crippen molar-refractivity contribution in [3.63, 3.8) is 0 Å². The predicted octanol–water partition coefficient (Wildman–Crippen LogP) is 1.34. The average molecular weight is 573 g/mol. The first-order chi connectivity index (χ1) is 18.1. The fourth-order valence-corrected chi connectivity index (χ4v) is 13.2. The molecule has 0 atom stereocenters. The second kappa shape index (κ2) is 7.84. The molecule has 0 saturated carbocycles. The van der Waals surface area contributed by atoms with Crippen molar-refractivity contribution in [1.29, 1.82) is 0 Å². The third-order valence-electron chi connectivity index (χ3n) is 8.68. The van der Waals surface area contributed by atoms with Crippen LogP contribution >= 0.6 is 0 Å². The fraction of sp³-hybridized carbons (Fsp3) is 0.310. The van der Waals surface area contributed by atoms with Crippen LogP contribution in [0.2, 0.25) is 11.5 Å². The Balaban J connectivity index is 1.50. The molecule has 0 bridgehead atoms. The molecule has 0 aliphatic carbocycles. The molecule has 4 aliphatic rings. The van der Waals surface area contributed by atoms with Crippen molar-refractivity contribution in [3.05, 3.63) is 82.4 Å². The van der Waals surface area contributed by atoms with E-state index in [0.717, 1.165) is 22.5 Å². The first-order valence-electron chi connectivity index (χ1n) is 12.9. The van der Waals surface area contributed by atoms with Crippen molar-refractivity contribution in [2.24, 2.45) is 0 Å². The van der Waals surface area contributed by atoms with Gasteiger partial charge in [0.05, 0.1) is 0 Å².